The molecule has 1 saturated heterocycles. The van der Waals surface area contributed by atoms with Crippen molar-refractivity contribution in [3.8, 4) is 0 Å². The first-order chi connectivity index (χ1) is 15.7. The lowest BCUT2D eigenvalue weighted by molar-refractivity contribution is -0.118. The van der Waals surface area contributed by atoms with Crippen LogP contribution in [0.25, 0.3) is 0 Å². The normalized spacial score (nSPS) is 19.1. The van der Waals surface area contributed by atoms with Crippen molar-refractivity contribution in [2.45, 2.75) is 47.0 Å². The Kier molecular flexibility index (Phi) is 7.22. The van der Waals surface area contributed by atoms with E-state index in [2.05, 4.69) is 36.3 Å². The quantitative estimate of drug-likeness (QED) is 0.664. The number of aryl methyl sites for hydroxylation is 1. The zero-order valence-corrected chi connectivity index (χ0v) is 20.9. The van der Waals surface area contributed by atoms with E-state index in [4.69, 9.17) is 4.74 Å². The summed E-state index contributed by atoms with van der Waals surface area (Å²) in [6.45, 7) is 12.0. The summed E-state index contributed by atoms with van der Waals surface area (Å²) in [6.07, 6.45) is 2.87. The Morgan fingerprint density at radius 2 is 1.94 bits per heavy atom. The van der Waals surface area contributed by atoms with Crippen LogP contribution >= 0.6 is 11.3 Å². The molecule has 4 rings (SSSR count). The van der Waals surface area contributed by atoms with Crippen LogP contribution in [0.15, 0.2) is 24.3 Å². The summed E-state index contributed by atoms with van der Waals surface area (Å²) in [5.41, 5.74) is 3.82. The van der Waals surface area contributed by atoms with E-state index in [0.29, 0.717) is 36.2 Å². The molecule has 6 nitrogen and oxygen atoms in total. The van der Waals surface area contributed by atoms with Gasteiger partial charge in [-0.2, -0.15) is 0 Å². The molecule has 2 aliphatic rings. The Bertz CT molecular complexity index is 1020. The first kappa shape index (κ1) is 23.9. The SMILES string of the molecule is Cc1cccc(NC(=O)c2c(NC(=O)CN3CCOCC3)sc3c2CCC(C(C)(C)C)C3)c1. The molecule has 0 bridgehead atoms. The molecule has 2 N–H and O–H groups in total. The van der Waals surface area contributed by atoms with Crippen molar-refractivity contribution >= 4 is 33.8 Å². The van der Waals surface area contributed by atoms with Gasteiger partial charge >= 0.3 is 0 Å². The van der Waals surface area contributed by atoms with Gasteiger partial charge in [0.25, 0.3) is 5.91 Å². The van der Waals surface area contributed by atoms with Crippen molar-refractivity contribution in [3.05, 3.63) is 45.8 Å². The average molecular weight is 470 g/mol. The minimum atomic E-state index is -0.144. The predicted molar refractivity (Wildman–Crippen MR) is 134 cm³/mol. The third kappa shape index (κ3) is 5.83. The van der Waals surface area contributed by atoms with Crippen LogP contribution in [-0.2, 0) is 22.4 Å². The van der Waals surface area contributed by atoms with Gasteiger partial charge in [0.1, 0.15) is 5.00 Å². The monoisotopic (exact) mass is 469 g/mol. The number of anilines is 2. The lowest BCUT2D eigenvalue weighted by Crippen LogP contribution is -2.41. The molecular formula is C26H35N3O3S. The Balaban J connectivity index is 1.59. The maximum Gasteiger partial charge on any atom is 0.258 e. The van der Waals surface area contributed by atoms with Gasteiger partial charge in [0.15, 0.2) is 0 Å². The van der Waals surface area contributed by atoms with Gasteiger partial charge in [-0.25, -0.2) is 0 Å². The molecule has 1 aliphatic heterocycles. The molecule has 0 radical (unpaired) electrons. The number of hydrogen-bond donors (Lipinski definition) is 2. The van der Waals surface area contributed by atoms with Gasteiger partial charge in [-0.05, 0) is 60.8 Å². The maximum absolute atomic E-state index is 13.4. The summed E-state index contributed by atoms with van der Waals surface area (Å²) >= 11 is 1.58. The lowest BCUT2D eigenvalue weighted by atomic mass is 9.72. The molecule has 1 aliphatic carbocycles. The molecule has 1 fully saturated rings. The Morgan fingerprint density at radius 1 is 1.18 bits per heavy atom. The van der Waals surface area contributed by atoms with Crippen molar-refractivity contribution in [2.75, 3.05) is 43.5 Å². The molecular weight excluding hydrogens is 434 g/mol. The van der Waals surface area contributed by atoms with E-state index in [1.54, 1.807) is 11.3 Å². The molecule has 178 valence electrons. The Morgan fingerprint density at radius 3 is 2.64 bits per heavy atom. The number of benzene rings is 1. The van der Waals surface area contributed by atoms with Crippen LogP contribution in [0, 0.1) is 18.3 Å². The van der Waals surface area contributed by atoms with Gasteiger partial charge in [-0.15, -0.1) is 11.3 Å². The van der Waals surface area contributed by atoms with E-state index in [1.807, 2.05) is 31.2 Å². The molecule has 1 atom stereocenters. The standard InChI is InChI=1S/C26H35N3O3S/c1-17-6-5-7-19(14-17)27-24(31)23-20-9-8-18(26(2,3)4)15-21(20)33-25(23)28-22(30)16-29-10-12-32-13-11-29/h5-7,14,18H,8-13,15-16H2,1-4H3,(H,27,31)(H,28,30). The maximum atomic E-state index is 13.4. The van der Waals surface area contributed by atoms with Gasteiger partial charge in [0, 0.05) is 23.7 Å². The molecule has 0 spiro atoms. The number of morpholine rings is 1. The van der Waals surface area contributed by atoms with E-state index >= 15 is 0 Å². The fourth-order valence-electron chi connectivity index (χ4n) is 4.70. The van der Waals surface area contributed by atoms with Gasteiger partial charge < -0.3 is 15.4 Å². The number of ether oxygens (including phenoxy) is 1. The molecule has 2 heterocycles. The number of carbonyl (C=O) groups is 2. The number of rotatable bonds is 5. The molecule has 0 saturated carbocycles. The van der Waals surface area contributed by atoms with Crippen molar-refractivity contribution < 1.29 is 14.3 Å². The molecule has 7 heteroatoms. The van der Waals surface area contributed by atoms with E-state index in [1.165, 1.54) is 4.88 Å². The van der Waals surface area contributed by atoms with Crippen LogP contribution in [0.1, 0.15) is 53.6 Å². The topological polar surface area (TPSA) is 70.7 Å². The van der Waals surface area contributed by atoms with Crippen molar-refractivity contribution in [1.82, 2.24) is 4.90 Å². The number of carbonyl (C=O) groups excluding carboxylic acids is 2. The zero-order valence-electron chi connectivity index (χ0n) is 20.1. The van der Waals surface area contributed by atoms with Crippen LogP contribution in [0.4, 0.5) is 10.7 Å². The average Bonchev–Trinajstić information content (AvgIpc) is 3.10. The molecule has 1 aromatic carbocycles. The van der Waals surface area contributed by atoms with Crippen LogP contribution < -0.4 is 10.6 Å². The fourth-order valence-corrected chi connectivity index (χ4v) is 6.04. The lowest BCUT2D eigenvalue weighted by Gasteiger charge is -2.33. The van der Waals surface area contributed by atoms with Gasteiger partial charge in [0.2, 0.25) is 5.91 Å². The van der Waals surface area contributed by atoms with Gasteiger partial charge in [0.05, 0.1) is 25.3 Å². The number of fused-ring (bicyclic) bond motifs is 1. The zero-order chi connectivity index (χ0) is 23.6. The molecule has 2 amide bonds. The highest BCUT2D eigenvalue weighted by Gasteiger charge is 2.34. The Hall–Kier alpha value is -2.22. The third-order valence-electron chi connectivity index (χ3n) is 6.72. The summed E-state index contributed by atoms with van der Waals surface area (Å²) in [7, 11) is 0. The smallest absolute Gasteiger partial charge is 0.258 e. The number of nitrogens with zero attached hydrogens (tertiary/aromatic N) is 1. The first-order valence-electron chi connectivity index (χ1n) is 11.8. The van der Waals surface area contributed by atoms with E-state index in [-0.39, 0.29) is 17.2 Å². The summed E-state index contributed by atoms with van der Waals surface area (Å²) in [5.74, 6) is 0.342. The largest absolute Gasteiger partial charge is 0.379 e. The summed E-state index contributed by atoms with van der Waals surface area (Å²) in [6, 6.07) is 7.80. The highest BCUT2D eigenvalue weighted by Crippen LogP contribution is 2.44. The number of amides is 2. The highest BCUT2D eigenvalue weighted by atomic mass is 32.1. The third-order valence-corrected chi connectivity index (χ3v) is 7.89. The minimum absolute atomic E-state index is 0.0764. The number of thiophene rings is 1. The van der Waals surface area contributed by atoms with Crippen LogP contribution in [0.3, 0.4) is 0 Å². The van der Waals surface area contributed by atoms with Crippen LogP contribution in [0.2, 0.25) is 0 Å². The van der Waals surface area contributed by atoms with Crippen molar-refractivity contribution in [1.29, 1.82) is 0 Å². The number of nitrogens with one attached hydrogen (secondary N) is 2. The second-order valence-corrected chi connectivity index (χ2v) is 11.4. The fraction of sp³-hybridized carbons (Fsp3) is 0.538. The highest BCUT2D eigenvalue weighted by molar-refractivity contribution is 7.17. The summed E-state index contributed by atoms with van der Waals surface area (Å²) in [4.78, 5) is 29.6. The van der Waals surface area contributed by atoms with E-state index in [9.17, 15) is 9.59 Å². The van der Waals surface area contributed by atoms with E-state index in [0.717, 1.165) is 49.2 Å². The first-order valence-corrected chi connectivity index (χ1v) is 12.6. The minimum Gasteiger partial charge on any atom is -0.379 e. The molecule has 2 aromatic rings. The van der Waals surface area contributed by atoms with E-state index < -0.39 is 0 Å². The Labute approximate surface area is 200 Å². The molecule has 33 heavy (non-hydrogen) atoms. The summed E-state index contributed by atoms with van der Waals surface area (Å²) in [5, 5.41) is 6.82. The van der Waals surface area contributed by atoms with Crippen LogP contribution in [0.5, 0.6) is 0 Å². The molecule has 1 aromatic heterocycles. The summed E-state index contributed by atoms with van der Waals surface area (Å²) < 4.78 is 5.38. The number of hydrogen-bond acceptors (Lipinski definition) is 5. The van der Waals surface area contributed by atoms with Gasteiger partial charge in [-0.1, -0.05) is 32.9 Å². The second-order valence-electron chi connectivity index (χ2n) is 10.3. The second kappa shape index (κ2) is 9.95. The predicted octanol–water partition coefficient (Wildman–Crippen LogP) is 4.73. The van der Waals surface area contributed by atoms with Gasteiger partial charge in [-0.3, -0.25) is 14.5 Å². The van der Waals surface area contributed by atoms with Crippen molar-refractivity contribution in [2.24, 2.45) is 11.3 Å². The van der Waals surface area contributed by atoms with Crippen molar-refractivity contribution in [3.63, 3.8) is 0 Å². The van der Waals surface area contributed by atoms with Crippen LogP contribution in [-0.4, -0.2) is 49.6 Å². The molecule has 1 unspecified atom stereocenters.